The molecule has 3 heterocycles. The van der Waals surface area contributed by atoms with Crippen molar-refractivity contribution in [2.45, 2.75) is 26.2 Å². The van der Waals surface area contributed by atoms with E-state index in [1.54, 1.807) is 0 Å². The smallest absolute Gasteiger partial charge is 0.151 e. The number of aromatic nitrogens is 2. The lowest BCUT2D eigenvalue weighted by atomic mass is 9.79. The van der Waals surface area contributed by atoms with Gasteiger partial charge in [-0.3, -0.25) is 0 Å². The second-order valence-electron chi connectivity index (χ2n) is 5.48. The Morgan fingerprint density at radius 2 is 2.24 bits per heavy atom. The molecule has 92 valence electrons. The summed E-state index contributed by atoms with van der Waals surface area (Å²) in [6.07, 6.45) is 3.94. The van der Waals surface area contributed by atoms with Gasteiger partial charge in [0, 0.05) is 25.0 Å². The molecule has 2 aliphatic rings. The van der Waals surface area contributed by atoms with Crippen molar-refractivity contribution in [3.05, 3.63) is 17.8 Å². The van der Waals surface area contributed by atoms with Crippen molar-refractivity contribution in [1.29, 1.82) is 0 Å². The highest BCUT2D eigenvalue weighted by Crippen LogP contribution is 2.36. The number of nitrogens with one attached hydrogen (secondary N) is 1. The maximum atomic E-state index is 4.31. The molecule has 0 aromatic carbocycles. The number of piperidine rings is 1. The van der Waals surface area contributed by atoms with Crippen LogP contribution in [0.5, 0.6) is 0 Å². The third kappa shape index (κ3) is 2.14. The fourth-order valence-corrected chi connectivity index (χ4v) is 3.11. The van der Waals surface area contributed by atoms with E-state index in [9.17, 15) is 0 Å². The van der Waals surface area contributed by atoms with Crippen LogP contribution < -0.4 is 10.2 Å². The number of nitrogens with zero attached hydrogens (tertiary/aromatic N) is 3. The number of anilines is 1. The van der Waals surface area contributed by atoms with Gasteiger partial charge in [0.25, 0.3) is 0 Å². The molecule has 2 saturated heterocycles. The van der Waals surface area contributed by atoms with Gasteiger partial charge in [0.1, 0.15) is 0 Å². The maximum Gasteiger partial charge on any atom is 0.151 e. The van der Waals surface area contributed by atoms with Crippen LogP contribution in [0, 0.1) is 12.3 Å². The average molecular weight is 232 g/mol. The molecule has 0 unspecified atom stereocenters. The Labute approximate surface area is 102 Å². The van der Waals surface area contributed by atoms with Crippen molar-refractivity contribution in [3.8, 4) is 0 Å². The number of rotatable bonds is 1. The molecule has 4 heteroatoms. The molecule has 1 aromatic rings. The molecule has 2 fully saturated rings. The molecular formula is C13H20N4. The van der Waals surface area contributed by atoms with Gasteiger partial charge in [-0.05, 0) is 44.9 Å². The second-order valence-corrected chi connectivity index (χ2v) is 5.48. The molecule has 3 rings (SSSR count). The summed E-state index contributed by atoms with van der Waals surface area (Å²) in [6.45, 7) is 6.59. The minimum atomic E-state index is 0.491. The van der Waals surface area contributed by atoms with E-state index in [0.717, 1.165) is 24.6 Å². The Kier molecular flexibility index (Phi) is 2.74. The standard InChI is InChI=1S/C13H20N4/c1-11-3-4-12(16-15-11)17-8-2-5-13(10-17)6-7-14-9-13/h3-4,14H,2,5-10H2,1H3/t13-/m0/s1. The summed E-state index contributed by atoms with van der Waals surface area (Å²) >= 11 is 0. The van der Waals surface area contributed by atoms with Crippen LogP contribution in [0.3, 0.4) is 0 Å². The molecule has 0 bridgehead atoms. The van der Waals surface area contributed by atoms with Crippen molar-refractivity contribution in [3.63, 3.8) is 0 Å². The molecule has 2 aliphatic heterocycles. The number of hydrogen-bond donors (Lipinski definition) is 1. The van der Waals surface area contributed by atoms with Crippen LogP contribution in [0.15, 0.2) is 12.1 Å². The van der Waals surface area contributed by atoms with Crippen LogP contribution in [-0.4, -0.2) is 36.4 Å². The van der Waals surface area contributed by atoms with Crippen LogP contribution >= 0.6 is 0 Å². The second kappa shape index (κ2) is 4.26. The molecule has 0 amide bonds. The molecule has 1 aromatic heterocycles. The minimum Gasteiger partial charge on any atom is -0.355 e. The van der Waals surface area contributed by atoms with E-state index < -0.39 is 0 Å². The van der Waals surface area contributed by atoms with E-state index in [1.165, 1.54) is 32.4 Å². The summed E-state index contributed by atoms with van der Waals surface area (Å²) in [7, 11) is 0. The molecular weight excluding hydrogens is 212 g/mol. The predicted octanol–water partition coefficient (Wildman–Crippen LogP) is 1.36. The lowest BCUT2D eigenvalue weighted by Gasteiger charge is -2.40. The quantitative estimate of drug-likeness (QED) is 0.794. The van der Waals surface area contributed by atoms with Crippen LogP contribution in [0.25, 0.3) is 0 Å². The monoisotopic (exact) mass is 232 g/mol. The third-order valence-corrected chi connectivity index (χ3v) is 4.10. The minimum absolute atomic E-state index is 0.491. The van der Waals surface area contributed by atoms with E-state index in [1.807, 2.05) is 6.92 Å². The summed E-state index contributed by atoms with van der Waals surface area (Å²) in [6, 6.07) is 4.15. The first-order valence-corrected chi connectivity index (χ1v) is 6.54. The Bertz CT molecular complexity index is 381. The van der Waals surface area contributed by atoms with Gasteiger partial charge >= 0.3 is 0 Å². The molecule has 17 heavy (non-hydrogen) atoms. The number of aryl methyl sites for hydroxylation is 1. The highest BCUT2D eigenvalue weighted by Gasteiger charge is 2.38. The van der Waals surface area contributed by atoms with Gasteiger partial charge in [0.2, 0.25) is 0 Å². The van der Waals surface area contributed by atoms with E-state index in [4.69, 9.17) is 0 Å². The summed E-state index contributed by atoms with van der Waals surface area (Å²) in [5.74, 6) is 1.04. The average Bonchev–Trinajstić information content (AvgIpc) is 2.78. The SMILES string of the molecule is Cc1ccc(N2CCC[C@@]3(CCNC3)C2)nn1. The Balaban J connectivity index is 1.77. The van der Waals surface area contributed by atoms with Crippen molar-refractivity contribution < 1.29 is 0 Å². The van der Waals surface area contributed by atoms with Crippen LogP contribution in [0.2, 0.25) is 0 Å². The van der Waals surface area contributed by atoms with Crippen molar-refractivity contribution >= 4 is 5.82 Å². The van der Waals surface area contributed by atoms with E-state index >= 15 is 0 Å². The summed E-state index contributed by atoms with van der Waals surface area (Å²) in [5, 5.41) is 12.0. The number of hydrogen-bond acceptors (Lipinski definition) is 4. The zero-order chi connectivity index (χ0) is 11.7. The molecule has 4 nitrogen and oxygen atoms in total. The first-order valence-electron chi connectivity index (χ1n) is 6.54. The fraction of sp³-hybridized carbons (Fsp3) is 0.692. The fourth-order valence-electron chi connectivity index (χ4n) is 3.11. The summed E-state index contributed by atoms with van der Waals surface area (Å²) < 4.78 is 0. The first kappa shape index (κ1) is 11.0. The zero-order valence-electron chi connectivity index (χ0n) is 10.4. The zero-order valence-corrected chi connectivity index (χ0v) is 10.4. The van der Waals surface area contributed by atoms with Gasteiger partial charge in [-0.25, -0.2) is 0 Å². The highest BCUT2D eigenvalue weighted by molar-refractivity contribution is 5.38. The Hall–Kier alpha value is -1.16. The van der Waals surface area contributed by atoms with Crippen molar-refractivity contribution in [2.75, 3.05) is 31.1 Å². The topological polar surface area (TPSA) is 41.0 Å². The first-order chi connectivity index (χ1) is 8.27. The summed E-state index contributed by atoms with van der Waals surface area (Å²) in [5.41, 5.74) is 1.48. The Morgan fingerprint density at radius 1 is 1.29 bits per heavy atom. The normalized spacial score (nSPS) is 28.9. The molecule has 0 saturated carbocycles. The van der Waals surface area contributed by atoms with Gasteiger partial charge in [0.15, 0.2) is 5.82 Å². The molecule has 0 radical (unpaired) electrons. The summed E-state index contributed by atoms with van der Waals surface area (Å²) in [4.78, 5) is 2.41. The van der Waals surface area contributed by atoms with E-state index in [2.05, 4.69) is 32.5 Å². The van der Waals surface area contributed by atoms with Crippen LogP contribution in [0.1, 0.15) is 25.0 Å². The van der Waals surface area contributed by atoms with Gasteiger partial charge in [0.05, 0.1) is 5.69 Å². The van der Waals surface area contributed by atoms with Gasteiger partial charge in [-0.2, -0.15) is 5.10 Å². The molecule has 1 spiro atoms. The predicted molar refractivity (Wildman–Crippen MR) is 68.1 cm³/mol. The van der Waals surface area contributed by atoms with Crippen LogP contribution in [-0.2, 0) is 0 Å². The van der Waals surface area contributed by atoms with E-state index in [0.29, 0.717) is 5.41 Å². The highest BCUT2D eigenvalue weighted by atomic mass is 15.3. The molecule has 1 N–H and O–H groups in total. The maximum absolute atomic E-state index is 4.31. The van der Waals surface area contributed by atoms with Crippen molar-refractivity contribution in [1.82, 2.24) is 15.5 Å². The molecule has 1 atom stereocenters. The van der Waals surface area contributed by atoms with Gasteiger partial charge in [-0.1, -0.05) is 0 Å². The third-order valence-electron chi connectivity index (χ3n) is 4.10. The lowest BCUT2D eigenvalue weighted by Crippen LogP contribution is -2.44. The Morgan fingerprint density at radius 3 is 2.94 bits per heavy atom. The van der Waals surface area contributed by atoms with E-state index in [-0.39, 0.29) is 0 Å². The van der Waals surface area contributed by atoms with Gasteiger partial charge < -0.3 is 10.2 Å². The lowest BCUT2D eigenvalue weighted by molar-refractivity contribution is 0.260. The molecule has 0 aliphatic carbocycles. The van der Waals surface area contributed by atoms with Crippen molar-refractivity contribution in [2.24, 2.45) is 5.41 Å². The largest absolute Gasteiger partial charge is 0.355 e. The van der Waals surface area contributed by atoms with Gasteiger partial charge in [-0.15, -0.1) is 5.10 Å². The van der Waals surface area contributed by atoms with Crippen LogP contribution in [0.4, 0.5) is 5.82 Å².